The SMILES string of the molecule is CN(c1c(O[Si](C)(C)C)nc(=O)n(Cc2ccccc2)c1N)[Si](C)(C)C. The third-order valence-electron chi connectivity index (χ3n) is 4.09. The average Bonchev–Trinajstić information content (AvgIpc) is 2.49. The molecule has 2 N–H and O–H groups in total. The first-order valence-electron chi connectivity index (χ1n) is 8.77. The fraction of sp³-hybridized carbons (Fsp3) is 0.444. The molecule has 1 aromatic heterocycles. The van der Waals surface area contributed by atoms with Gasteiger partial charge in [-0.15, -0.1) is 0 Å². The Kier molecular flexibility index (Phi) is 5.67. The van der Waals surface area contributed by atoms with Crippen LogP contribution in [-0.4, -0.2) is 33.2 Å². The minimum Gasteiger partial charge on any atom is -0.530 e. The maximum absolute atomic E-state index is 12.7. The standard InChI is InChI=1S/C18H30N4O2Si2/c1-21(25(2,3)4)15-16(19)22(13-14-11-9-8-10-12-14)18(23)20-17(15)24-26(5,6)7/h8-12H,13,19H2,1-7H3. The summed E-state index contributed by atoms with van der Waals surface area (Å²) in [5, 5.41) is 0. The number of aromatic nitrogens is 2. The van der Waals surface area contributed by atoms with Crippen molar-refractivity contribution in [2.75, 3.05) is 17.3 Å². The van der Waals surface area contributed by atoms with Crippen LogP contribution in [0.3, 0.4) is 0 Å². The van der Waals surface area contributed by atoms with Gasteiger partial charge >= 0.3 is 5.69 Å². The van der Waals surface area contributed by atoms with E-state index in [4.69, 9.17) is 10.2 Å². The molecule has 142 valence electrons. The predicted octanol–water partition coefficient (Wildman–Crippen LogP) is 3.36. The zero-order chi connectivity index (χ0) is 19.7. The second-order valence-electron chi connectivity index (χ2n) is 8.45. The van der Waals surface area contributed by atoms with Gasteiger partial charge < -0.3 is 14.7 Å². The molecule has 0 atom stereocenters. The van der Waals surface area contributed by atoms with Crippen LogP contribution in [-0.2, 0) is 6.54 Å². The minimum absolute atomic E-state index is 0.362. The Morgan fingerprint density at radius 2 is 1.69 bits per heavy atom. The number of hydrogen-bond donors (Lipinski definition) is 1. The van der Waals surface area contributed by atoms with Crippen LogP contribution >= 0.6 is 0 Å². The molecule has 0 aliphatic rings. The summed E-state index contributed by atoms with van der Waals surface area (Å²) >= 11 is 0. The van der Waals surface area contributed by atoms with E-state index in [-0.39, 0.29) is 5.69 Å². The summed E-state index contributed by atoms with van der Waals surface area (Å²) in [4.78, 5) is 16.9. The van der Waals surface area contributed by atoms with Gasteiger partial charge in [-0.2, -0.15) is 4.98 Å². The maximum Gasteiger partial charge on any atom is 0.352 e. The van der Waals surface area contributed by atoms with Gasteiger partial charge in [-0.1, -0.05) is 50.0 Å². The molecule has 0 radical (unpaired) electrons. The number of rotatable bonds is 6. The van der Waals surface area contributed by atoms with Gasteiger partial charge in [-0.3, -0.25) is 4.57 Å². The third kappa shape index (κ3) is 4.76. The molecule has 0 aliphatic carbocycles. The van der Waals surface area contributed by atoms with Crippen LogP contribution in [0.2, 0.25) is 39.3 Å². The molecule has 6 nitrogen and oxygen atoms in total. The third-order valence-corrected chi connectivity index (χ3v) is 7.13. The Bertz CT molecular complexity index is 824. The Morgan fingerprint density at radius 1 is 1.12 bits per heavy atom. The number of hydrogen-bond acceptors (Lipinski definition) is 5. The van der Waals surface area contributed by atoms with Crippen molar-refractivity contribution >= 4 is 28.1 Å². The average molecular weight is 391 g/mol. The highest BCUT2D eigenvalue weighted by molar-refractivity contribution is 6.79. The number of nitrogens with zero attached hydrogens (tertiary/aromatic N) is 3. The lowest BCUT2D eigenvalue weighted by Gasteiger charge is -2.35. The summed E-state index contributed by atoms with van der Waals surface area (Å²) in [7, 11) is -1.68. The van der Waals surface area contributed by atoms with Crippen LogP contribution in [0.1, 0.15) is 5.56 Å². The molecule has 1 aromatic carbocycles. The van der Waals surface area contributed by atoms with E-state index in [0.717, 1.165) is 11.3 Å². The summed E-state index contributed by atoms with van der Waals surface area (Å²) in [5.41, 5.74) is 7.83. The summed E-state index contributed by atoms with van der Waals surface area (Å²) in [6, 6.07) is 9.78. The molecule has 8 heteroatoms. The van der Waals surface area contributed by atoms with Crippen molar-refractivity contribution in [1.29, 1.82) is 0 Å². The van der Waals surface area contributed by atoms with Crippen molar-refractivity contribution in [3.05, 3.63) is 46.4 Å². The molecule has 2 aromatic rings. The first-order valence-corrected chi connectivity index (χ1v) is 15.6. The molecule has 0 spiro atoms. The summed E-state index contributed by atoms with van der Waals surface area (Å²) < 4.78 is 9.82. The first kappa shape index (κ1) is 20.2. The van der Waals surface area contributed by atoms with Crippen molar-refractivity contribution in [3.63, 3.8) is 0 Å². The van der Waals surface area contributed by atoms with E-state index < -0.39 is 16.6 Å². The van der Waals surface area contributed by atoms with Crippen LogP contribution in [0, 0.1) is 0 Å². The van der Waals surface area contributed by atoms with Gasteiger partial charge in [0.15, 0.2) is 0 Å². The zero-order valence-electron chi connectivity index (χ0n) is 16.8. The van der Waals surface area contributed by atoms with E-state index in [0.29, 0.717) is 18.2 Å². The monoisotopic (exact) mass is 390 g/mol. The van der Waals surface area contributed by atoms with Crippen LogP contribution < -0.4 is 20.4 Å². The molecule has 0 aliphatic heterocycles. The fourth-order valence-corrected chi connectivity index (χ4v) is 4.07. The smallest absolute Gasteiger partial charge is 0.352 e. The van der Waals surface area contributed by atoms with Crippen LogP contribution in [0.15, 0.2) is 35.1 Å². The summed E-state index contributed by atoms with van der Waals surface area (Å²) in [6.45, 7) is 13.3. The minimum atomic E-state index is -1.95. The highest BCUT2D eigenvalue weighted by Gasteiger charge is 2.30. The molecule has 0 fully saturated rings. The second-order valence-corrected chi connectivity index (χ2v) is 17.9. The quantitative estimate of drug-likeness (QED) is 0.766. The zero-order valence-corrected chi connectivity index (χ0v) is 18.8. The van der Waals surface area contributed by atoms with E-state index in [1.54, 1.807) is 0 Å². The van der Waals surface area contributed by atoms with Crippen LogP contribution in [0.5, 0.6) is 5.88 Å². The Hall–Kier alpha value is -2.07. The van der Waals surface area contributed by atoms with Gasteiger partial charge in [-0.25, -0.2) is 4.79 Å². The Labute approximate surface area is 157 Å². The molecule has 0 saturated heterocycles. The van der Waals surface area contributed by atoms with Crippen molar-refractivity contribution in [1.82, 2.24) is 9.55 Å². The van der Waals surface area contributed by atoms with Gasteiger partial charge in [0.1, 0.15) is 19.7 Å². The Balaban J connectivity index is 2.64. The fourth-order valence-electron chi connectivity index (χ4n) is 2.47. The number of nitrogen functional groups attached to an aromatic ring is 1. The van der Waals surface area contributed by atoms with E-state index in [1.165, 1.54) is 4.57 Å². The molecule has 26 heavy (non-hydrogen) atoms. The van der Waals surface area contributed by atoms with E-state index in [2.05, 4.69) is 48.8 Å². The van der Waals surface area contributed by atoms with Gasteiger partial charge in [-0.05, 0) is 32.3 Å². The number of nitrogens with two attached hydrogens (primary N) is 1. The molecule has 2 rings (SSSR count). The van der Waals surface area contributed by atoms with Crippen molar-refractivity contribution < 1.29 is 4.43 Å². The summed E-state index contributed by atoms with van der Waals surface area (Å²) in [6.07, 6.45) is 0. The molecule has 0 bridgehead atoms. The molecule has 0 saturated carbocycles. The second kappa shape index (κ2) is 7.28. The van der Waals surface area contributed by atoms with Crippen LogP contribution in [0.25, 0.3) is 0 Å². The largest absolute Gasteiger partial charge is 0.530 e. The lowest BCUT2D eigenvalue weighted by molar-refractivity contribution is 0.524. The Morgan fingerprint density at radius 3 is 2.19 bits per heavy atom. The number of anilines is 2. The van der Waals surface area contributed by atoms with E-state index >= 15 is 0 Å². The molecular weight excluding hydrogens is 360 g/mol. The first-order chi connectivity index (χ1) is 11.9. The van der Waals surface area contributed by atoms with E-state index in [1.807, 2.05) is 37.4 Å². The maximum atomic E-state index is 12.7. The van der Waals surface area contributed by atoms with Crippen molar-refractivity contribution in [2.45, 2.75) is 45.8 Å². The van der Waals surface area contributed by atoms with Gasteiger partial charge in [0.25, 0.3) is 0 Å². The summed E-state index contributed by atoms with van der Waals surface area (Å²) in [5.74, 6) is 0.771. The van der Waals surface area contributed by atoms with E-state index in [9.17, 15) is 4.79 Å². The molecule has 0 amide bonds. The van der Waals surface area contributed by atoms with Crippen molar-refractivity contribution in [3.8, 4) is 5.88 Å². The normalized spacial score (nSPS) is 12.1. The van der Waals surface area contributed by atoms with Gasteiger partial charge in [0, 0.05) is 0 Å². The lowest BCUT2D eigenvalue weighted by atomic mass is 10.2. The highest BCUT2D eigenvalue weighted by Crippen LogP contribution is 2.35. The topological polar surface area (TPSA) is 73.4 Å². The molecule has 1 heterocycles. The molecule has 0 unspecified atom stereocenters. The predicted molar refractivity (Wildman–Crippen MR) is 114 cm³/mol. The lowest BCUT2D eigenvalue weighted by Crippen LogP contribution is -2.45. The van der Waals surface area contributed by atoms with Crippen molar-refractivity contribution in [2.24, 2.45) is 0 Å². The van der Waals surface area contributed by atoms with Gasteiger partial charge in [0.2, 0.25) is 14.2 Å². The van der Waals surface area contributed by atoms with Gasteiger partial charge in [0.05, 0.1) is 6.54 Å². The van der Waals surface area contributed by atoms with Crippen LogP contribution in [0.4, 0.5) is 11.5 Å². The highest BCUT2D eigenvalue weighted by atomic mass is 28.4. The molecular formula is C18H30N4O2Si2. The number of benzene rings is 1.